The first-order valence-electron chi connectivity index (χ1n) is 6.29. The molecule has 0 radical (unpaired) electrons. The molecule has 1 aromatic heterocycles. The maximum Gasteiger partial charge on any atom is 0.245 e. The van der Waals surface area contributed by atoms with Crippen molar-refractivity contribution in [1.29, 1.82) is 0 Å². The molecule has 0 saturated carbocycles. The maximum atomic E-state index is 12.6. The third-order valence-corrected chi connectivity index (χ3v) is 8.12. The first-order chi connectivity index (χ1) is 9.86. The van der Waals surface area contributed by atoms with Crippen LogP contribution >= 0.6 is 11.7 Å². The summed E-state index contributed by atoms with van der Waals surface area (Å²) in [5, 5.41) is -0.606. The minimum atomic E-state index is -3.73. The van der Waals surface area contributed by atoms with Gasteiger partial charge in [0.15, 0.2) is 9.84 Å². The quantitative estimate of drug-likeness (QED) is 0.799. The maximum absolute atomic E-state index is 12.6. The van der Waals surface area contributed by atoms with Crippen LogP contribution in [0.5, 0.6) is 0 Å². The van der Waals surface area contributed by atoms with Gasteiger partial charge in [0.25, 0.3) is 0 Å². The number of sulfone groups is 1. The number of rotatable bonds is 4. The smallest absolute Gasteiger partial charge is 0.228 e. The lowest BCUT2D eigenvalue weighted by Gasteiger charge is -2.37. The number of hydrogen-bond acceptors (Lipinski definition) is 7. The van der Waals surface area contributed by atoms with Crippen LogP contribution in [-0.2, 0) is 19.9 Å². The number of fused-ring (bicyclic) bond motifs is 1. The van der Waals surface area contributed by atoms with Crippen molar-refractivity contribution >= 4 is 42.6 Å². The normalized spacial score (nSPS) is 18.0. The van der Waals surface area contributed by atoms with Gasteiger partial charge >= 0.3 is 0 Å². The van der Waals surface area contributed by atoms with Crippen molar-refractivity contribution in [2.24, 2.45) is 0 Å². The molecular formula is C11H13N3O4S3. The van der Waals surface area contributed by atoms with Gasteiger partial charge in [0.05, 0.1) is 17.0 Å². The lowest BCUT2D eigenvalue weighted by molar-refractivity contribution is 0.310. The molecule has 21 heavy (non-hydrogen) atoms. The van der Waals surface area contributed by atoms with E-state index in [2.05, 4.69) is 8.75 Å². The van der Waals surface area contributed by atoms with Crippen LogP contribution in [0, 0.1) is 0 Å². The molecule has 7 nitrogen and oxygen atoms in total. The Morgan fingerprint density at radius 1 is 1.24 bits per heavy atom. The molecule has 0 aliphatic carbocycles. The molecule has 10 heteroatoms. The SMILES string of the molecule is CCS(=O)(=O)C1CN(S(=O)(=O)c2cccc3nsnc23)C1. The van der Waals surface area contributed by atoms with Crippen molar-refractivity contribution in [2.45, 2.75) is 17.1 Å². The number of benzene rings is 1. The van der Waals surface area contributed by atoms with Crippen molar-refractivity contribution in [3.63, 3.8) is 0 Å². The highest BCUT2D eigenvalue weighted by Crippen LogP contribution is 2.29. The first-order valence-corrected chi connectivity index (χ1v) is 10.2. The van der Waals surface area contributed by atoms with E-state index in [1.165, 1.54) is 10.4 Å². The van der Waals surface area contributed by atoms with Gasteiger partial charge in [-0.25, -0.2) is 16.8 Å². The Bertz CT molecular complexity index is 882. The summed E-state index contributed by atoms with van der Waals surface area (Å²) in [6.07, 6.45) is 0. The number of aromatic nitrogens is 2. The van der Waals surface area contributed by atoms with Gasteiger partial charge in [-0.3, -0.25) is 0 Å². The number of sulfonamides is 1. The molecular weight excluding hydrogens is 334 g/mol. The van der Waals surface area contributed by atoms with Crippen molar-refractivity contribution in [3.8, 4) is 0 Å². The summed E-state index contributed by atoms with van der Waals surface area (Å²) in [5.41, 5.74) is 0.864. The second-order valence-electron chi connectivity index (χ2n) is 4.78. The van der Waals surface area contributed by atoms with E-state index in [9.17, 15) is 16.8 Å². The van der Waals surface area contributed by atoms with E-state index in [1.807, 2.05) is 0 Å². The highest BCUT2D eigenvalue weighted by atomic mass is 32.2. The van der Waals surface area contributed by atoms with Crippen LogP contribution < -0.4 is 0 Å². The van der Waals surface area contributed by atoms with E-state index in [1.54, 1.807) is 19.1 Å². The molecule has 1 aliphatic rings. The summed E-state index contributed by atoms with van der Waals surface area (Å²) in [6, 6.07) is 4.77. The topological polar surface area (TPSA) is 97.3 Å². The molecule has 114 valence electrons. The van der Waals surface area contributed by atoms with Gasteiger partial charge in [-0.05, 0) is 12.1 Å². The summed E-state index contributed by atoms with van der Waals surface area (Å²) < 4.78 is 57.8. The van der Waals surface area contributed by atoms with E-state index in [4.69, 9.17) is 0 Å². The monoisotopic (exact) mass is 347 g/mol. The minimum absolute atomic E-state index is 0.00641. The average molecular weight is 347 g/mol. The first kappa shape index (κ1) is 14.8. The lowest BCUT2D eigenvalue weighted by atomic mass is 10.3. The molecule has 0 amide bonds. The van der Waals surface area contributed by atoms with Crippen LogP contribution in [0.15, 0.2) is 23.1 Å². The van der Waals surface area contributed by atoms with Crippen LogP contribution in [0.3, 0.4) is 0 Å². The zero-order valence-electron chi connectivity index (χ0n) is 11.1. The van der Waals surface area contributed by atoms with Crippen LogP contribution in [0.25, 0.3) is 11.0 Å². The van der Waals surface area contributed by atoms with Gasteiger partial charge in [-0.2, -0.15) is 13.1 Å². The van der Waals surface area contributed by atoms with Crippen molar-refractivity contribution in [3.05, 3.63) is 18.2 Å². The summed E-state index contributed by atoms with van der Waals surface area (Å²) in [7, 11) is -6.93. The largest absolute Gasteiger partial charge is 0.245 e. The Balaban J connectivity index is 1.92. The lowest BCUT2D eigenvalue weighted by Crippen LogP contribution is -2.57. The van der Waals surface area contributed by atoms with Crippen molar-refractivity contribution in [1.82, 2.24) is 13.1 Å². The number of nitrogens with zero attached hydrogens (tertiary/aromatic N) is 3. The van der Waals surface area contributed by atoms with Gasteiger partial charge in [0.1, 0.15) is 15.9 Å². The van der Waals surface area contributed by atoms with Crippen molar-refractivity contribution < 1.29 is 16.8 Å². The van der Waals surface area contributed by atoms with Crippen LogP contribution in [-0.4, -0.2) is 54.0 Å². The van der Waals surface area contributed by atoms with E-state index in [0.717, 1.165) is 11.7 Å². The van der Waals surface area contributed by atoms with E-state index in [0.29, 0.717) is 11.0 Å². The molecule has 0 bridgehead atoms. The number of hydrogen-bond donors (Lipinski definition) is 0. The molecule has 1 aromatic carbocycles. The third-order valence-electron chi connectivity index (χ3n) is 3.59. The van der Waals surface area contributed by atoms with Crippen LogP contribution in [0.2, 0.25) is 0 Å². The minimum Gasteiger partial charge on any atom is -0.228 e. The summed E-state index contributed by atoms with van der Waals surface area (Å²) in [5.74, 6) is 0.0249. The molecule has 1 aliphatic heterocycles. The summed E-state index contributed by atoms with van der Waals surface area (Å²) in [4.78, 5) is 0.0843. The predicted molar refractivity (Wildman–Crippen MR) is 79.4 cm³/mol. The van der Waals surface area contributed by atoms with E-state index >= 15 is 0 Å². The zero-order valence-corrected chi connectivity index (χ0v) is 13.6. The fraction of sp³-hybridized carbons (Fsp3) is 0.455. The predicted octanol–water partition coefficient (Wildman–Crippen LogP) is 0.499. The Hall–Kier alpha value is -1.10. The Morgan fingerprint density at radius 2 is 1.95 bits per heavy atom. The molecule has 2 heterocycles. The second kappa shape index (κ2) is 4.97. The molecule has 1 saturated heterocycles. The zero-order chi connectivity index (χ0) is 15.3. The summed E-state index contributed by atoms with van der Waals surface area (Å²) >= 11 is 0.950. The van der Waals surface area contributed by atoms with Gasteiger partial charge in [0, 0.05) is 18.8 Å². The van der Waals surface area contributed by atoms with Gasteiger partial charge in [0.2, 0.25) is 10.0 Å². The third kappa shape index (κ3) is 2.35. The van der Waals surface area contributed by atoms with Gasteiger partial charge < -0.3 is 0 Å². The molecule has 3 rings (SSSR count). The highest BCUT2D eigenvalue weighted by Gasteiger charge is 2.43. The fourth-order valence-electron chi connectivity index (χ4n) is 2.19. The van der Waals surface area contributed by atoms with E-state index in [-0.39, 0.29) is 23.7 Å². The van der Waals surface area contributed by atoms with Gasteiger partial charge in [-0.1, -0.05) is 13.0 Å². The molecule has 2 aromatic rings. The molecule has 0 spiro atoms. The second-order valence-corrected chi connectivity index (χ2v) is 9.79. The highest BCUT2D eigenvalue weighted by molar-refractivity contribution is 7.92. The van der Waals surface area contributed by atoms with E-state index < -0.39 is 25.1 Å². The molecule has 0 unspecified atom stereocenters. The Labute approximate surface area is 126 Å². The van der Waals surface area contributed by atoms with Gasteiger partial charge in [-0.15, -0.1) is 0 Å². The Kier molecular flexibility index (Phi) is 3.51. The standard InChI is InChI=1S/C11H13N3O4S3/c1-2-20(15,16)8-6-14(7-8)21(17,18)10-5-3-4-9-11(10)13-19-12-9/h3-5,8H,2,6-7H2,1H3. The average Bonchev–Trinajstić information content (AvgIpc) is 2.83. The summed E-state index contributed by atoms with van der Waals surface area (Å²) in [6.45, 7) is 1.58. The van der Waals surface area contributed by atoms with Crippen LogP contribution in [0.4, 0.5) is 0 Å². The molecule has 1 fully saturated rings. The Morgan fingerprint density at radius 3 is 2.62 bits per heavy atom. The van der Waals surface area contributed by atoms with Crippen LogP contribution in [0.1, 0.15) is 6.92 Å². The van der Waals surface area contributed by atoms with Crippen molar-refractivity contribution in [2.75, 3.05) is 18.8 Å². The molecule has 0 atom stereocenters. The molecule has 0 N–H and O–H groups in total. The fourth-order valence-corrected chi connectivity index (χ4v) is 5.95.